The van der Waals surface area contributed by atoms with E-state index in [-0.39, 0.29) is 17.1 Å². The molecule has 1 amide bonds. The summed E-state index contributed by atoms with van der Waals surface area (Å²) in [5.41, 5.74) is -0.924. The van der Waals surface area contributed by atoms with E-state index in [1.807, 2.05) is 0 Å². The first-order valence-corrected chi connectivity index (χ1v) is 12.6. The molecule has 0 bridgehead atoms. The standard InChI is InChI=1S/C23H27N5O6S/c1-23(2,3)34-22(29)26-13-7-8-16(15-26)27(35(32,33)17-9-5-4-6-10-17)20-18-11-12-24-21(18)25-14-19(20)28(30)31/h4-6,9-12,14,16H,7-8,13,15H2,1-3H3,(H,24,25). The number of carbonyl (C=O) groups excluding carboxylic acids is 1. The molecule has 1 fully saturated rings. The molecule has 0 saturated carbocycles. The van der Waals surface area contributed by atoms with Crippen molar-refractivity contribution < 1.29 is 22.9 Å². The van der Waals surface area contributed by atoms with Crippen LogP contribution in [-0.4, -0.2) is 59.0 Å². The maximum atomic E-state index is 14.0. The Bertz CT molecular complexity index is 1350. The van der Waals surface area contributed by atoms with Gasteiger partial charge in [-0.2, -0.15) is 0 Å². The molecule has 1 aliphatic rings. The number of ether oxygens (including phenoxy) is 1. The second kappa shape index (κ2) is 9.17. The van der Waals surface area contributed by atoms with Gasteiger partial charge in [0.15, 0.2) is 0 Å². The van der Waals surface area contributed by atoms with Crippen LogP contribution < -0.4 is 4.31 Å². The van der Waals surface area contributed by atoms with Crippen molar-refractivity contribution in [1.82, 2.24) is 14.9 Å². The number of amides is 1. The summed E-state index contributed by atoms with van der Waals surface area (Å²) in [4.78, 5) is 32.6. The zero-order valence-corrected chi connectivity index (χ0v) is 20.5. The fourth-order valence-corrected chi connectivity index (χ4v) is 5.92. The van der Waals surface area contributed by atoms with Crippen LogP contribution in [0.2, 0.25) is 0 Å². The maximum Gasteiger partial charge on any atom is 0.410 e. The van der Waals surface area contributed by atoms with E-state index in [1.54, 1.807) is 51.2 Å². The molecule has 1 aromatic carbocycles. The molecule has 3 aromatic rings. The topological polar surface area (TPSA) is 139 Å². The third-order valence-electron chi connectivity index (χ3n) is 5.64. The van der Waals surface area contributed by atoms with Gasteiger partial charge in [0, 0.05) is 19.3 Å². The number of H-pyrrole nitrogens is 1. The van der Waals surface area contributed by atoms with E-state index in [9.17, 15) is 23.3 Å². The normalized spacial score (nSPS) is 16.8. The van der Waals surface area contributed by atoms with E-state index in [0.717, 1.165) is 10.5 Å². The van der Waals surface area contributed by atoms with Crippen molar-refractivity contribution in [2.75, 3.05) is 17.4 Å². The Morgan fingerprint density at radius 3 is 2.63 bits per heavy atom. The Morgan fingerprint density at radius 2 is 1.97 bits per heavy atom. The van der Waals surface area contributed by atoms with E-state index < -0.39 is 38.4 Å². The number of pyridine rings is 1. The molecule has 1 N–H and O–H groups in total. The molecule has 1 atom stereocenters. The number of carbonyl (C=O) groups is 1. The van der Waals surface area contributed by atoms with Crippen molar-refractivity contribution >= 4 is 38.5 Å². The summed E-state index contributed by atoms with van der Waals surface area (Å²) in [6.07, 6.45) is 2.94. The highest BCUT2D eigenvalue weighted by Gasteiger charge is 2.41. The lowest BCUT2D eigenvalue weighted by Gasteiger charge is -2.39. The number of nitrogens with zero attached hydrogens (tertiary/aromatic N) is 4. The lowest BCUT2D eigenvalue weighted by Crippen LogP contribution is -2.52. The number of rotatable bonds is 5. The van der Waals surface area contributed by atoms with Crippen molar-refractivity contribution in [2.24, 2.45) is 0 Å². The van der Waals surface area contributed by atoms with Crippen LogP contribution in [0.25, 0.3) is 11.0 Å². The molecule has 0 aliphatic carbocycles. The van der Waals surface area contributed by atoms with Crippen LogP contribution in [0.15, 0.2) is 53.7 Å². The minimum Gasteiger partial charge on any atom is -0.444 e. The number of aromatic amines is 1. The number of hydrogen-bond acceptors (Lipinski definition) is 7. The van der Waals surface area contributed by atoms with Gasteiger partial charge in [-0.1, -0.05) is 18.2 Å². The number of piperidine rings is 1. The number of sulfonamides is 1. The van der Waals surface area contributed by atoms with Crippen LogP contribution in [0.4, 0.5) is 16.2 Å². The Balaban J connectivity index is 1.87. The summed E-state index contributed by atoms with van der Waals surface area (Å²) in [5.74, 6) is 0. The summed E-state index contributed by atoms with van der Waals surface area (Å²) < 4.78 is 34.6. The molecule has 12 heteroatoms. The van der Waals surface area contributed by atoms with Crippen LogP contribution in [0.1, 0.15) is 33.6 Å². The van der Waals surface area contributed by atoms with Gasteiger partial charge >= 0.3 is 11.8 Å². The predicted molar refractivity (Wildman–Crippen MR) is 130 cm³/mol. The van der Waals surface area contributed by atoms with Gasteiger partial charge < -0.3 is 14.6 Å². The average Bonchev–Trinajstić information content (AvgIpc) is 3.28. The molecule has 11 nitrogen and oxygen atoms in total. The molecule has 35 heavy (non-hydrogen) atoms. The second-order valence-corrected chi connectivity index (χ2v) is 11.1. The Kier molecular flexibility index (Phi) is 6.41. The monoisotopic (exact) mass is 501 g/mol. The fraction of sp³-hybridized carbons (Fsp3) is 0.391. The van der Waals surface area contributed by atoms with Gasteiger partial charge in [-0.15, -0.1) is 0 Å². The fourth-order valence-electron chi connectivity index (χ4n) is 4.19. The molecular formula is C23H27N5O6S. The lowest BCUT2D eigenvalue weighted by atomic mass is 10.0. The molecule has 2 aromatic heterocycles. The zero-order valence-electron chi connectivity index (χ0n) is 19.7. The number of aromatic nitrogens is 2. The SMILES string of the molecule is CC(C)(C)OC(=O)N1CCCC(N(c2c([N+](=O)[O-])cnc3[nH]ccc23)S(=O)(=O)c2ccccc2)C1. The number of benzene rings is 1. The summed E-state index contributed by atoms with van der Waals surface area (Å²) in [5, 5.41) is 12.3. The summed E-state index contributed by atoms with van der Waals surface area (Å²) in [6.45, 7) is 5.67. The van der Waals surface area contributed by atoms with Gasteiger partial charge in [0.05, 0.1) is 21.2 Å². The summed E-state index contributed by atoms with van der Waals surface area (Å²) in [6, 6.07) is 8.55. The van der Waals surface area contributed by atoms with Crippen LogP contribution >= 0.6 is 0 Å². The number of likely N-dealkylation sites (tertiary alicyclic amines) is 1. The first kappa shape index (κ1) is 24.5. The maximum absolute atomic E-state index is 14.0. The second-order valence-electron chi connectivity index (χ2n) is 9.33. The van der Waals surface area contributed by atoms with Gasteiger partial charge in [-0.3, -0.25) is 14.4 Å². The first-order valence-electron chi connectivity index (χ1n) is 11.2. The van der Waals surface area contributed by atoms with Gasteiger partial charge in [-0.05, 0) is 51.8 Å². The van der Waals surface area contributed by atoms with Crippen LogP contribution in [-0.2, 0) is 14.8 Å². The first-order chi connectivity index (χ1) is 16.5. The van der Waals surface area contributed by atoms with Gasteiger partial charge in [-0.25, -0.2) is 18.2 Å². The Morgan fingerprint density at radius 1 is 1.26 bits per heavy atom. The highest BCUT2D eigenvalue weighted by atomic mass is 32.2. The number of nitro groups is 1. The molecule has 4 rings (SSSR count). The van der Waals surface area contributed by atoms with E-state index in [2.05, 4.69) is 9.97 Å². The number of nitrogens with one attached hydrogen (secondary N) is 1. The molecule has 0 radical (unpaired) electrons. The Hall–Kier alpha value is -3.67. The number of hydrogen-bond donors (Lipinski definition) is 1. The number of anilines is 1. The molecule has 1 aliphatic heterocycles. The zero-order chi connectivity index (χ0) is 25.4. The van der Waals surface area contributed by atoms with Crippen LogP contribution in [0.3, 0.4) is 0 Å². The Labute approximate surface area is 202 Å². The molecule has 186 valence electrons. The van der Waals surface area contributed by atoms with Crippen molar-refractivity contribution in [3.05, 3.63) is 58.9 Å². The summed E-state index contributed by atoms with van der Waals surface area (Å²) in [7, 11) is -4.25. The van der Waals surface area contributed by atoms with Gasteiger partial charge in [0.1, 0.15) is 23.1 Å². The molecule has 3 heterocycles. The van der Waals surface area contributed by atoms with Gasteiger partial charge in [0.2, 0.25) is 0 Å². The van der Waals surface area contributed by atoms with Crippen molar-refractivity contribution in [2.45, 2.75) is 50.2 Å². The van der Waals surface area contributed by atoms with Crippen molar-refractivity contribution in [1.29, 1.82) is 0 Å². The molecule has 1 unspecified atom stereocenters. The lowest BCUT2D eigenvalue weighted by molar-refractivity contribution is -0.384. The highest BCUT2D eigenvalue weighted by Crippen LogP contribution is 2.40. The quantitative estimate of drug-likeness (QED) is 0.411. The third kappa shape index (κ3) is 4.92. The minimum absolute atomic E-state index is 0.0100. The van der Waals surface area contributed by atoms with E-state index >= 15 is 0 Å². The summed E-state index contributed by atoms with van der Waals surface area (Å²) >= 11 is 0. The van der Waals surface area contributed by atoms with E-state index in [0.29, 0.717) is 30.4 Å². The van der Waals surface area contributed by atoms with Crippen LogP contribution in [0.5, 0.6) is 0 Å². The predicted octanol–water partition coefficient (Wildman–Crippen LogP) is 4.07. The van der Waals surface area contributed by atoms with Crippen molar-refractivity contribution in [3.8, 4) is 0 Å². The third-order valence-corrected chi connectivity index (χ3v) is 7.50. The minimum atomic E-state index is -4.25. The molecule has 1 saturated heterocycles. The highest BCUT2D eigenvalue weighted by molar-refractivity contribution is 7.93. The number of fused-ring (bicyclic) bond motifs is 1. The molecule has 0 spiro atoms. The average molecular weight is 502 g/mol. The van der Waals surface area contributed by atoms with E-state index in [4.69, 9.17) is 4.74 Å². The van der Waals surface area contributed by atoms with E-state index in [1.165, 1.54) is 17.0 Å². The van der Waals surface area contributed by atoms with Crippen LogP contribution in [0, 0.1) is 10.1 Å². The molecular weight excluding hydrogens is 474 g/mol. The van der Waals surface area contributed by atoms with Crippen molar-refractivity contribution in [3.63, 3.8) is 0 Å². The van der Waals surface area contributed by atoms with Gasteiger partial charge in [0.25, 0.3) is 10.0 Å². The largest absolute Gasteiger partial charge is 0.444 e. The smallest absolute Gasteiger partial charge is 0.410 e.